The van der Waals surface area contributed by atoms with Gasteiger partial charge in [0.05, 0.1) is 40.5 Å². The molecule has 2 aromatic heterocycles. The number of alkyl halides is 2. The van der Waals surface area contributed by atoms with Crippen molar-refractivity contribution in [3.05, 3.63) is 43.8 Å². The number of halogens is 5. The third-order valence-electron chi connectivity index (χ3n) is 4.61. The van der Waals surface area contributed by atoms with Crippen LogP contribution < -0.4 is 26.4 Å². The molecule has 25 heteroatoms. The average molecular weight is 758 g/mol. The van der Waals surface area contributed by atoms with E-state index in [2.05, 4.69) is 40.7 Å². The van der Waals surface area contributed by atoms with Crippen molar-refractivity contribution in [3.63, 3.8) is 0 Å². The van der Waals surface area contributed by atoms with Crippen LogP contribution >= 0.6 is 42.4 Å². The molecule has 18 nitrogen and oxygen atoms in total. The van der Waals surface area contributed by atoms with Gasteiger partial charge in [0.15, 0.2) is 0 Å². The van der Waals surface area contributed by atoms with Crippen LogP contribution in [0.2, 0.25) is 15.3 Å². The summed E-state index contributed by atoms with van der Waals surface area (Å²) < 4.78 is 61.3. The molecule has 1 aromatic carbocycles. The third-order valence-corrected chi connectivity index (χ3v) is 6.62. The quantitative estimate of drug-likeness (QED) is 0.131. The van der Waals surface area contributed by atoms with Crippen LogP contribution in [0, 0.1) is 6.92 Å². The molecule has 0 unspecified atom stereocenters. The van der Waals surface area contributed by atoms with Crippen molar-refractivity contribution in [2.45, 2.75) is 27.3 Å². The Morgan fingerprint density at radius 1 is 1.04 bits per heavy atom. The van der Waals surface area contributed by atoms with E-state index in [9.17, 15) is 31.4 Å². The van der Waals surface area contributed by atoms with Gasteiger partial charge in [0.2, 0.25) is 27.2 Å². The molecule has 0 saturated carbocycles. The minimum atomic E-state index is -4.10. The van der Waals surface area contributed by atoms with Gasteiger partial charge in [-0.2, -0.15) is 28.4 Å². The maximum absolute atomic E-state index is 12.8. The normalized spacial score (nSPS) is 11.2. The van der Waals surface area contributed by atoms with Crippen molar-refractivity contribution in [3.8, 4) is 5.69 Å². The number of carbonyl (C=O) groups is 1. The summed E-state index contributed by atoms with van der Waals surface area (Å²) in [7, 11) is -7.74. The van der Waals surface area contributed by atoms with Gasteiger partial charge in [0.1, 0.15) is 5.82 Å². The molecule has 258 valence electrons. The number of aliphatic carboxylic acids is 1. The summed E-state index contributed by atoms with van der Waals surface area (Å²) in [6.45, 7) is 3.15. The number of benzene rings is 1. The Morgan fingerprint density at radius 3 is 2.00 bits per heavy atom. The molecule has 0 atom stereocenters. The summed E-state index contributed by atoms with van der Waals surface area (Å²) >= 11 is 17.5. The summed E-state index contributed by atoms with van der Waals surface area (Å²) in [5.74, 6) is -0.376. The first kappa shape index (κ1) is 40.9. The minimum absolute atomic E-state index is 0.0257. The standard InChI is InChI=1S/C11H10Cl2F2N4O3S.C7H12ClN5.C3H8NO5P/c1-5-16-19(11(20)18(5)10(14)15)9-4-8(17-23(2,21)22)6(12)3-7(9)13;1-3-9-6-11-5(8)12-7(13-6)10-4-2;5-3(6)1-4-2-10(7,8)9/h3-4,10,17H,1-2H3;3-4H2,1-2H3,(H2,9,10,11,12,13);4H,1-2H2,(H,5,6)(H2,7,8,9). The largest absolute Gasteiger partial charge is 0.480 e. The zero-order chi connectivity index (χ0) is 35.4. The summed E-state index contributed by atoms with van der Waals surface area (Å²) in [5, 5.41) is 19.8. The summed E-state index contributed by atoms with van der Waals surface area (Å²) in [6, 6.07) is 2.31. The van der Waals surface area contributed by atoms with Crippen molar-refractivity contribution >= 4 is 76.0 Å². The van der Waals surface area contributed by atoms with Crippen LogP contribution in [0.5, 0.6) is 0 Å². The number of rotatable bonds is 12. The summed E-state index contributed by atoms with van der Waals surface area (Å²) in [4.78, 5) is 50.0. The lowest BCUT2D eigenvalue weighted by atomic mass is 10.3. The van der Waals surface area contributed by atoms with Crippen LogP contribution in [-0.2, 0) is 19.4 Å². The number of nitrogens with one attached hydrogen (secondary N) is 4. The molecule has 3 rings (SSSR count). The Balaban J connectivity index is 0.000000388. The Labute approximate surface area is 275 Å². The van der Waals surface area contributed by atoms with Gasteiger partial charge in [0.25, 0.3) is 0 Å². The fourth-order valence-electron chi connectivity index (χ4n) is 2.97. The number of nitrogens with zero attached hydrogens (tertiary/aromatic N) is 6. The average Bonchev–Trinajstić information content (AvgIpc) is 3.18. The van der Waals surface area contributed by atoms with E-state index >= 15 is 0 Å². The van der Waals surface area contributed by atoms with Crippen LogP contribution in [0.25, 0.3) is 5.69 Å². The fraction of sp³-hybridized carbons (Fsp3) is 0.429. The number of carboxylic acid groups (broad SMARTS) is 1. The predicted octanol–water partition coefficient (Wildman–Crippen LogP) is 2.60. The van der Waals surface area contributed by atoms with E-state index in [0.717, 1.165) is 25.4 Å². The van der Waals surface area contributed by atoms with Crippen molar-refractivity contribution in [1.82, 2.24) is 34.6 Å². The molecule has 0 spiro atoms. The second-order valence-electron chi connectivity index (χ2n) is 8.50. The molecular weight excluding hydrogens is 728 g/mol. The third kappa shape index (κ3) is 14.5. The number of aromatic nitrogens is 6. The van der Waals surface area contributed by atoms with Crippen LogP contribution in [-0.4, -0.2) is 90.8 Å². The molecule has 0 fully saturated rings. The van der Waals surface area contributed by atoms with E-state index in [1.165, 1.54) is 13.0 Å². The molecule has 3 aromatic rings. The van der Waals surface area contributed by atoms with E-state index in [-0.39, 0.29) is 37.1 Å². The minimum Gasteiger partial charge on any atom is -0.480 e. The molecular formula is C21H30Cl3F2N10O8PS. The van der Waals surface area contributed by atoms with Crippen LogP contribution in [0.15, 0.2) is 16.9 Å². The molecule has 46 heavy (non-hydrogen) atoms. The highest BCUT2D eigenvalue weighted by Gasteiger charge is 2.21. The van der Waals surface area contributed by atoms with Gasteiger partial charge in [-0.15, -0.1) is 5.10 Å². The zero-order valence-electron chi connectivity index (χ0n) is 24.4. The first-order chi connectivity index (χ1) is 21.2. The summed E-state index contributed by atoms with van der Waals surface area (Å²) in [6.07, 6.45) is 0.304. The van der Waals surface area contributed by atoms with Gasteiger partial charge in [-0.1, -0.05) is 23.2 Å². The van der Waals surface area contributed by atoms with E-state index in [0.29, 0.717) is 16.6 Å². The zero-order valence-corrected chi connectivity index (χ0v) is 28.4. The van der Waals surface area contributed by atoms with Gasteiger partial charge in [0, 0.05) is 13.1 Å². The van der Waals surface area contributed by atoms with Crippen molar-refractivity contribution in [1.29, 1.82) is 0 Å². The van der Waals surface area contributed by atoms with Gasteiger partial charge in [-0.3, -0.25) is 19.4 Å². The Bertz CT molecular complexity index is 1690. The number of aryl methyl sites for hydroxylation is 1. The lowest BCUT2D eigenvalue weighted by Gasteiger charge is -2.10. The molecule has 0 amide bonds. The molecule has 2 heterocycles. The molecule has 0 bridgehead atoms. The van der Waals surface area contributed by atoms with Gasteiger partial charge in [-0.05, 0) is 44.5 Å². The number of carboxylic acids is 1. The SMILES string of the molecule is CCNc1nc(Cl)nc(NCC)n1.Cc1nn(-c2cc(NS(C)(=O)=O)c(Cl)cc2Cl)c(=O)n1C(F)F.O=C(O)CNCP(=O)(O)O. The maximum atomic E-state index is 12.8. The molecule has 0 aliphatic heterocycles. The van der Waals surface area contributed by atoms with E-state index in [1.807, 2.05) is 13.8 Å². The molecule has 0 aliphatic carbocycles. The van der Waals surface area contributed by atoms with E-state index < -0.39 is 48.7 Å². The van der Waals surface area contributed by atoms with Gasteiger partial charge in [-0.25, -0.2) is 17.8 Å². The highest BCUT2D eigenvalue weighted by Crippen LogP contribution is 2.32. The number of hydrogen-bond donors (Lipinski definition) is 7. The second kappa shape index (κ2) is 18.2. The number of hydrogen-bond acceptors (Lipinski definition) is 12. The number of sulfonamides is 1. The first-order valence-electron chi connectivity index (χ1n) is 12.5. The van der Waals surface area contributed by atoms with Crippen molar-refractivity contribution in [2.75, 3.05) is 47.5 Å². The van der Waals surface area contributed by atoms with Crippen LogP contribution in [0.4, 0.5) is 26.4 Å². The summed E-state index contributed by atoms with van der Waals surface area (Å²) in [5.41, 5.74) is -1.27. The highest BCUT2D eigenvalue weighted by atomic mass is 35.5. The predicted molar refractivity (Wildman–Crippen MR) is 168 cm³/mol. The van der Waals surface area contributed by atoms with Gasteiger partial charge >= 0.3 is 25.8 Å². The van der Waals surface area contributed by atoms with Crippen molar-refractivity contribution in [2.24, 2.45) is 0 Å². The lowest BCUT2D eigenvalue weighted by Crippen LogP contribution is -2.25. The Hall–Kier alpha value is -3.17. The fourth-order valence-corrected chi connectivity index (χ4v) is 4.67. The maximum Gasteiger partial charge on any atom is 0.355 e. The van der Waals surface area contributed by atoms with E-state index in [4.69, 9.17) is 49.7 Å². The smallest absolute Gasteiger partial charge is 0.355 e. The van der Waals surface area contributed by atoms with Crippen molar-refractivity contribution < 1.29 is 41.5 Å². The molecule has 0 saturated heterocycles. The molecule has 7 N–H and O–H groups in total. The topological polar surface area (TPSA) is 256 Å². The monoisotopic (exact) mass is 756 g/mol. The highest BCUT2D eigenvalue weighted by molar-refractivity contribution is 7.92. The number of anilines is 3. The molecule has 0 radical (unpaired) electrons. The van der Waals surface area contributed by atoms with E-state index in [1.54, 1.807) is 0 Å². The second-order valence-corrected chi connectivity index (χ2v) is 13.0. The molecule has 0 aliphatic rings. The van der Waals surface area contributed by atoms with Crippen LogP contribution in [0.1, 0.15) is 26.2 Å². The Morgan fingerprint density at radius 2 is 1.59 bits per heavy atom. The Kier molecular flexibility index (Phi) is 16.2. The van der Waals surface area contributed by atoms with Gasteiger partial charge < -0.3 is 25.5 Å². The lowest BCUT2D eigenvalue weighted by molar-refractivity contribution is -0.135. The first-order valence-corrected chi connectivity index (χ1v) is 17.3. The van der Waals surface area contributed by atoms with Crippen LogP contribution in [0.3, 0.4) is 0 Å².